The molecule has 2 rings (SSSR count). The molecule has 0 aliphatic rings. The van der Waals surface area contributed by atoms with Crippen molar-refractivity contribution in [1.82, 2.24) is 4.90 Å². The van der Waals surface area contributed by atoms with E-state index in [2.05, 4.69) is 0 Å². The number of nitro groups is 1. The van der Waals surface area contributed by atoms with Gasteiger partial charge in [0.2, 0.25) is 0 Å². The number of hydrogen-bond acceptors (Lipinski definition) is 4. The van der Waals surface area contributed by atoms with E-state index in [1.807, 2.05) is 6.07 Å². The smallest absolute Gasteiger partial charge is 0.407 e. The molecule has 0 fully saturated rings. The molecule has 0 heterocycles. The van der Waals surface area contributed by atoms with E-state index in [4.69, 9.17) is 0 Å². The van der Waals surface area contributed by atoms with Crippen LogP contribution in [0.1, 0.15) is 17.2 Å². The minimum atomic E-state index is -1.12. The SMILES string of the molecule is O=C(O)N(CCc1ccc([N+](=O)[O-])cc1)CC(O)c1ccccc1. The lowest BCUT2D eigenvalue weighted by molar-refractivity contribution is -0.384. The first-order valence-electron chi connectivity index (χ1n) is 7.41. The largest absolute Gasteiger partial charge is 0.465 e. The molecule has 1 amide bonds. The van der Waals surface area contributed by atoms with Gasteiger partial charge >= 0.3 is 6.09 Å². The van der Waals surface area contributed by atoms with Crippen molar-refractivity contribution in [2.45, 2.75) is 12.5 Å². The molecule has 1 unspecified atom stereocenters. The molecule has 7 heteroatoms. The van der Waals surface area contributed by atoms with Crippen LogP contribution < -0.4 is 0 Å². The van der Waals surface area contributed by atoms with Crippen molar-refractivity contribution in [2.24, 2.45) is 0 Å². The number of carboxylic acid groups (broad SMARTS) is 1. The lowest BCUT2D eigenvalue weighted by Gasteiger charge is -2.22. The van der Waals surface area contributed by atoms with Gasteiger partial charge in [-0.3, -0.25) is 10.1 Å². The Balaban J connectivity index is 1.96. The van der Waals surface area contributed by atoms with E-state index in [0.29, 0.717) is 12.0 Å². The third-order valence-corrected chi connectivity index (χ3v) is 3.67. The second kappa shape index (κ2) is 8.07. The van der Waals surface area contributed by atoms with Crippen LogP contribution in [0.15, 0.2) is 54.6 Å². The Morgan fingerprint density at radius 1 is 1.12 bits per heavy atom. The summed E-state index contributed by atoms with van der Waals surface area (Å²) in [5.41, 5.74) is 1.44. The zero-order valence-electron chi connectivity index (χ0n) is 12.9. The van der Waals surface area contributed by atoms with E-state index in [1.165, 1.54) is 12.1 Å². The topological polar surface area (TPSA) is 104 Å². The first-order chi connectivity index (χ1) is 11.5. The van der Waals surface area contributed by atoms with Crippen molar-refractivity contribution in [2.75, 3.05) is 13.1 Å². The molecule has 24 heavy (non-hydrogen) atoms. The number of amides is 1. The summed E-state index contributed by atoms with van der Waals surface area (Å²) < 4.78 is 0. The number of non-ortho nitro benzene ring substituents is 1. The number of nitrogens with zero attached hydrogens (tertiary/aromatic N) is 2. The van der Waals surface area contributed by atoms with Crippen molar-refractivity contribution >= 4 is 11.8 Å². The van der Waals surface area contributed by atoms with E-state index >= 15 is 0 Å². The number of hydrogen-bond donors (Lipinski definition) is 2. The molecule has 0 aliphatic carbocycles. The van der Waals surface area contributed by atoms with Crippen LogP contribution in [0.25, 0.3) is 0 Å². The molecule has 2 aromatic carbocycles. The highest BCUT2D eigenvalue weighted by atomic mass is 16.6. The normalized spacial score (nSPS) is 11.7. The van der Waals surface area contributed by atoms with Gasteiger partial charge < -0.3 is 15.1 Å². The highest BCUT2D eigenvalue weighted by molar-refractivity contribution is 5.65. The zero-order chi connectivity index (χ0) is 17.5. The molecular weight excluding hydrogens is 312 g/mol. The third-order valence-electron chi connectivity index (χ3n) is 3.67. The Morgan fingerprint density at radius 2 is 1.75 bits per heavy atom. The van der Waals surface area contributed by atoms with E-state index in [9.17, 15) is 25.1 Å². The Kier molecular flexibility index (Phi) is 5.86. The van der Waals surface area contributed by atoms with Gasteiger partial charge in [0.05, 0.1) is 17.6 Å². The van der Waals surface area contributed by atoms with Crippen LogP contribution in [-0.2, 0) is 6.42 Å². The fourth-order valence-corrected chi connectivity index (χ4v) is 2.30. The predicted molar refractivity (Wildman–Crippen MR) is 87.8 cm³/mol. The van der Waals surface area contributed by atoms with E-state index in [-0.39, 0.29) is 18.8 Å². The van der Waals surface area contributed by atoms with E-state index in [0.717, 1.165) is 10.5 Å². The molecule has 0 aliphatic heterocycles. The lowest BCUT2D eigenvalue weighted by atomic mass is 10.1. The standard InChI is InChI=1S/C17H18N2O5/c20-16(14-4-2-1-3-5-14)12-18(17(21)22)11-10-13-6-8-15(9-7-13)19(23)24/h1-9,16,20H,10-12H2,(H,21,22). The Hall–Kier alpha value is -2.93. The summed E-state index contributed by atoms with van der Waals surface area (Å²) in [6.07, 6.45) is -1.61. The van der Waals surface area contributed by atoms with Gasteiger partial charge in [0.1, 0.15) is 0 Å². The summed E-state index contributed by atoms with van der Waals surface area (Å²) in [4.78, 5) is 22.6. The Labute approximate surface area is 138 Å². The van der Waals surface area contributed by atoms with Gasteiger partial charge in [-0.2, -0.15) is 0 Å². The van der Waals surface area contributed by atoms with Crippen LogP contribution in [0.2, 0.25) is 0 Å². The summed E-state index contributed by atoms with van der Waals surface area (Å²) in [5, 5.41) is 30.1. The lowest BCUT2D eigenvalue weighted by Crippen LogP contribution is -2.35. The summed E-state index contributed by atoms with van der Waals surface area (Å²) in [7, 11) is 0. The maximum atomic E-state index is 11.4. The third kappa shape index (κ3) is 4.79. The molecule has 0 aromatic heterocycles. The average Bonchev–Trinajstić information content (AvgIpc) is 2.59. The summed E-state index contributed by atoms with van der Waals surface area (Å²) in [5.74, 6) is 0. The van der Waals surface area contributed by atoms with Crippen LogP contribution in [0.5, 0.6) is 0 Å². The van der Waals surface area contributed by atoms with E-state index < -0.39 is 17.1 Å². The number of benzene rings is 2. The van der Waals surface area contributed by atoms with Gasteiger partial charge in [0.25, 0.3) is 5.69 Å². The summed E-state index contributed by atoms with van der Waals surface area (Å²) in [6.45, 7) is 0.156. The zero-order valence-corrected chi connectivity index (χ0v) is 12.9. The van der Waals surface area contributed by atoms with Crippen LogP contribution >= 0.6 is 0 Å². The first-order valence-corrected chi connectivity index (χ1v) is 7.41. The monoisotopic (exact) mass is 330 g/mol. The fraction of sp³-hybridized carbons (Fsp3) is 0.235. The minimum absolute atomic E-state index is 0.00617. The molecule has 0 radical (unpaired) electrons. The molecule has 0 bridgehead atoms. The molecular formula is C17H18N2O5. The first kappa shape index (κ1) is 17.4. The summed E-state index contributed by atoms with van der Waals surface area (Å²) in [6, 6.07) is 14.8. The molecule has 0 saturated carbocycles. The maximum absolute atomic E-state index is 11.4. The number of rotatable bonds is 7. The fourth-order valence-electron chi connectivity index (χ4n) is 2.30. The predicted octanol–water partition coefficient (Wildman–Crippen LogP) is 2.85. The van der Waals surface area contributed by atoms with Crippen LogP contribution in [-0.4, -0.2) is 39.2 Å². The van der Waals surface area contributed by atoms with Crippen molar-refractivity contribution < 1.29 is 19.9 Å². The van der Waals surface area contributed by atoms with Gasteiger partial charge in [0, 0.05) is 18.7 Å². The quantitative estimate of drug-likeness (QED) is 0.600. The second-order valence-corrected chi connectivity index (χ2v) is 5.33. The average molecular weight is 330 g/mol. The minimum Gasteiger partial charge on any atom is -0.465 e. The highest BCUT2D eigenvalue weighted by Gasteiger charge is 2.17. The van der Waals surface area contributed by atoms with Crippen molar-refractivity contribution in [1.29, 1.82) is 0 Å². The number of aliphatic hydroxyl groups excluding tert-OH is 1. The number of aliphatic hydroxyl groups is 1. The highest BCUT2D eigenvalue weighted by Crippen LogP contribution is 2.16. The van der Waals surface area contributed by atoms with Crippen LogP contribution in [0, 0.1) is 10.1 Å². The van der Waals surface area contributed by atoms with Crippen molar-refractivity contribution in [3.05, 3.63) is 75.8 Å². The van der Waals surface area contributed by atoms with Crippen molar-refractivity contribution in [3.8, 4) is 0 Å². The van der Waals surface area contributed by atoms with Crippen LogP contribution in [0.3, 0.4) is 0 Å². The molecule has 1 atom stereocenters. The molecule has 2 N–H and O–H groups in total. The molecule has 0 saturated heterocycles. The Morgan fingerprint density at radius 3 is 2.29 bits per heavy atom. The van der Waals surface area contributed by atoms with Crippen LogP contribution in [0.4, 0.5) is 10.5 Å². The molecule has 2 aromatic rings. The van der Waals surface area contributed by atoms with E-state index in [1.54, 1.807) is 36.4 Å². The number of nitro benzene ring substituents is 1. The summed E-state index contributed by atoms with van der Waals surface area (Å²) >= 11 is 0. The van der Waals surface area contributed by atoms with Crippen molar-refractivity contribution in [3.63, 3.8) is 0 Å². The second-order valence-electron chi connectivity index (χ2n) is 5.33. The molecule has 126 valence electrons. The number of carbonyl (C=O) groups is 1. The van der Waals surface area contributed by atoms with Gasteiger partial charge in [-0.05, 0) is 17.5 Å². The van der Waals surface area contributed by atoms with Gasteiger partial charge in [0.15, 0.2) is 0 Å². The Bertz CT molecular complexity index is 688. The van der Waals surface area contributed by atoms with Gasteiger partial charge in [-0.1, -0.05) is 42.5 Å². The molecule has 7 nitrogen and oxygen atoms in total. The maximum Gasteiger partial charge on any atom is 0.407 e. The van der Waals surface area contributed by atoms with Gasteiger partial charge in [-0.15, -0.1) is 0 Å². The van der Waals surface area contributed by atoms with Gasteiger partial charge in [-0.25, -0.2) is 4.79 Å². The molecule has 0 spiro atoms.